The molecule has 5 nitrogen and oxygen atoms in total. The Hall–Kier alpha value is -5.16. The Morgan fingerprint density at radius 3 is 2.02 bits per heavy atom. The maximum Gasteiger partial charge on any atom is 0.135 e. The highest BCUT2D eigenvalue weighted by molar-refractivity contribution is 6.10. The van der Waals surface area contributed by atoms with Gasteiger partial charge in [0.05, 0.1) is 33.1 Å². The first-order valence-electron chi connectivity index (χ1n) is 13.7. The van der Waals surface area contributed by atoms with Gasteiger partial charge in [-0.3, -0.25) is 9.97 Å². The number of rotatable bonds is 2. The summed E-state index contributed by atoms with van der Waals surface area (Å²) in [6.07, 6.45) is 6.93. The predicted molar refractivity (Wildman–Crippen MR) is 163 cm³/mol. The van der Waals surface area contributed by atoms with Crippen LogP contribution in [0.3, 0.4) is 0 Å². The number of aromatic nitrogens is 4. The maximum atomic E-state index is 6.46. The minimum absolute atomic E-state index is 0.287. The molecule has 0 saturated carbocycles. The molecule has 0 bridgehead atoms. The van der Waals surface area contributed by atoms with Gasteiger partial charge in [0.2, 0.25) is 0 Å². The summed E-state index contributed by atoms with van der Waals surface area (Å²) < 4.78 is 11.2. The van der Waals surface area contributed by atoms with Crippen molar-refractivity contribution in [1.29, 1.82) is 0 Å². The van der Waals surface area contributed by atoms with E-state index in [9.17, 15) is 0 Å². The molecular formula is C35H24N4O. The lowest BCUT2D eigenvalue weighted by Crippen LogP contribution is -2.13. The number of fused-ring (bicyclic) bond motifs is 9. The molecular weight excluding hydrogens is 492 g/mol. The van der Waals surface area contributed by atoms with Crippen molar-refractivity contribution in [3.8, 4) is 5.69 Å². The van der Waals surface area contributed by atoms with Crippen LogP contribution in [0.15, 0.2) is 108 Å². The lowest BCUT2D eigenvalue weighted by molar-refractivity contribution is 0.513. The van der Waals surface area contributed by atoms with Crippen LogP contribution in [-0.2, 0) is 6.42 Å². The number of nitrogens with zero attached hydrogens (tertiary/aromatic N) is 4. The third-order valence-corrected chi connectivity index (χ3v) is 8.45. The van der Waals surface area contributed by atoms with Gasteiger partial charge in [0.1, 0.15) is 11.3 Å². The summed E-state index contributed by atoms with van der Waals surface area (Å²) >= 11 is 0. The Labute approximate surface area is 229 Å². The van der Waals surface area contributed by atoms with Gasteiger partial charge in [0, 0.05) is 57.8 Å². The van der Waals surface area contributed by atoms with Gasteiger partial charge in [-0.05, 0) is 60.7 Å². The molecule has 5 aromatic heterocycles. The molecule has 0 saturated heterocycles. The molecule has 0 aliphatic heterocycles. The van der Waals surface area contributed by atoms with Crippen molar-refractivity contribution in [3.63, 3.8) is 0 Å². The Morgan fingerprint density at radius 2 is 1.30 bits per heavy atom. The minimum atomic E-state index is 0.287. The lowest BCUT2D eigenvalue weighted by Gasteiger charge is -2.23. The second-order valence-corrected chi connectivity index (χ2v) is 10.7. The van der Waals surface area contributed by atoms with Crippen LogP contribution in [0, 0.1) is 5.92 Å². The number of benzene rings is 3. The number of furan rings is 1. The van der Waals surface area contributed by atoms with E-state index in [1.54, 1.807) is 0 Å². The van der Waals surface area contributed by atoms with Crippen molar-refractivity contribution in [2.24, 2.45) is 5.92 Å². The average molecular weight is 517 g/mol. The Morgan fingerprint density at radius 1 is 0.675 bits per heavy atom. The zero-order valence-electron chi connectivity index (χ0n) is 21.9. The third kappa shape index (κ3) is 2.86. The van der Waals surface area contributed by atoms with Crippen LogP contribution in [0.1, 0.15) is 18.2 Å². The molecule has 1 unspecified atom stereocenters. The molecule has 1 aliphatic rings. The number of hydrogen-bond donors (Lipinski definition) is 0. The molecule has 0 spiro atoms. The fraction of sp³-hybridized carbons (Fsp3) is 0.0857. The van der Waals surface area contributed by atoms with E-state index in [2.05, 4.69) is 101 Å². The molecule has 8 aromatic rings. The molecule has 0 amide bonds. The van der Waals surface area contributed by atoms with Crippen molar-refractivity contribution in [1.82, 2.24) is 19.1 Å². The van der Waals surface area contributed by atoms with Gasteiger partial charge in [-0.25, -0.2) is 0 Å². The lowest BCUT2D eigenvalue weighted by atomic mass is 9.91. The normalized spacial score (nSPS) is 15.4. The molecule has 5 heterocycles. The molecule has 40 heavy (non-hydrogen) atoms. The molecule has 190 valence electrons. The first kappa shape index (κ1) is 21.7. The van der Waals surface area contributed by atoms with Gasteiger partial charge in [-0.1, -0.05) is 43.3 Å². The van der Waals surface area contributed by atoms with E-state index in [1.165, 1.54) is 22.2 Å². The van der Waals surface area contributed by atoms with Crippen molar-refractivity contribution < 1.29 is 4.42 Å². The molecule has 5 heteroatoms. The summed E-state index contributed by atoms with van der Waals surface area (Å²) in [4.78, 5) is 9.47. The first-order chi connectivity index (χ1) is 19.8. The number of para-hydroxylation sites is 2. The monoisotopic (exact) mass is 516 g/mol. The molecule has 3 aromatic carbocycles. The van der Waals surface area contributed by atoms with Gasteiger partial charge in [0.15, 0.2) is 0 Å². The SMILES string of the molecule is CC1Cc2oc3ccc(-n4c5ccccc5c5ncccc54)cc3c2C=C1n1c2ccccc2c2ncccc21. The van der Waals surface area contributed by atoms with Crippen LogP contribution in [0.2, 0.25) is 0 Å². The van der Waals surface area contributed by atoms with E-state index in [4.69, 9.17) is 14.4 Å². The highest BCUT2D eigenvalue weighted by Gasteiger charge is 2.27. The fourth-order valence-electron chi connectivity index (χ4n) is 6.69. The summed E-state index contributed by atoms with van der Waals surface area (Å²) in [6.45, 7) is 2.29. The van der Waals surface area contributed by atoms with Gasteiger partial charge in [-0.15, -0.1) is 0 Å². The van der Waals surface area contributed by atoms with E-state index in [1.807, 2.05) is 24.5 Å². The van der Waals surface area contributed by atoms with Crippen molar-refractivity contribution in [2.75, 3.05) is 0 Å². The minimum Gasteiger partial charge on any atom is -0.460 e. The third-order valence-electron chi connectivity index (χ3n) is 8.45. The predicted octanol–water partition coefficient (Wildman–Crippen LogP) is 8.62. The molecule has 0 radical (unpaired) electrons. The van der Waals surface area contributed by atoms with E-state index in [0.29, 0.717) is 0 Å². The topological polar surface area (TPSA) is 48.8 Å². The first-order valence-corrected chi connectivity index (χ1v) is 13.7. The zero-order chi connectivity index (χ0) is 26.4. The largest absolute Gasteiger partial charge is 0.460 e. The summed E-state index contributed by atoms with van der Waals surface area (Å²) in [5.41, 5.74) is 11.1. The van der Waals surface area contributed by atoms with Crippen LogP contribution in [0.4, 0.5) is 0 Å². The standard InChI is InChI=1S/C35H24N4O/c1-21-18-33-26(20-31(21)39-28-11-5-3-9-24(28)35-30(39)13-7-17-37-35)25-19-22(14-15-32(25)40-33)38-27-10-4-2-8-23(27)34-29(38)12-6-16-36-34/h2-17,19-21H,18H2,1H3. The van der Waals surface area contributed by atoms with Gasteiger partial charge >= 0.3 is 0 Å². The summed E-state index contributed by atoms with van der Waals surface area (Å²) in [7, 11) is 0. The van der Waals surface area contributed by atoms with Crippen LogP contribution < -0.4 is 0 Å². The summed E-state index contributed by atoms with van der Waals surface area (Å²) in [5.74, 6) is 1.33. The fourth-order valence-corrected chi connectivity index (χ4v) is 6.69. The summed E-state index contributed by atoms with van der Waals surface area (Å²) in [6, 6.07) is 31.9. The highest BCUT2D eigenvalue weighted by Crippen LogP contribution is 2.42. The van der Waals surface area contributed by atoms with Gasteiger partial charge in [0.25, 0.3) is 0 Å². The van der Waals surface area contributed by atoms with E-state index < -0.39 is 0 Å². The molecule has 1 aliphatic carbocycles. The van der Waals surface area contributed by atoms with Crippen molar-refractivity contribution in [3.05, 3.63) is 115 Å². The smallest absolute Gasteiger partial charge is 0.135 e. The molecule has 0 N–H and O–H groups in total. The second kappa shape index (κ2) is 7.93. The van der Waals surface area contributed by atoms with Crippen molar-refractivity contribution >= 4 is 66.6 Å². The van der Waals surface area contributed by atoms with E-state index in [0.717, 1.165) is 61.8 Å². The Bertz CT molecular complexity index is 2220. The van der Waals surface area contributed by atoms with Gasteiger partial charge < -0.3 is 13.6 Å². The average Bonchev–Trinajstić information content (AvgIpc) is 3.64. The maximum absolute atomic E-state index is 6.46. The zero-order valence-corrected chi connectivity index (χ0v) is 21.9. The number of allylic oxidation sites excluding steroid dienone is 1. The van der Waals surface area contributed by atoms with Crippen molar-refractivity contribution in [2.45, 2.75) is 13.3 Å². The van der Waals surface area contributed by atoms with E-state index >= 15 is 0 Å². The molecule has 1 atom stereocenters. The van der Waals surface area contributed by atoms with Crippen LogP contribution in [0.5, 0.6) is 0 Å². The molecule has 0 fully saturated rings. The molecule has 9 rings (SSSR count). The number of pyridine rings is 2. The van der Waals surface area contributed by atoms with Crippen LogP contribution in [0.25, 0.3) is 72.3 Å². The van der Waals surface area contributed by atoms with Crippen LogP contribution >= 0.6 is 0 Å². The second-order valence-electron chi connectivity index (χ2n) is 10.7. The Balaban J connectivity index is 1.30. The van der Waals surface area contributed by atoms with Crippen LogP contribution in [-0.4, -0.2) is 19.1 Å². The van der Waals surface area contributed by atoms with E-state index in [-0.39, 0.29) is 5.92 Å². The van der Waals surface area contributed by atoms with Gasteiger partial charge in [-0.2, -0.15) is 0 Å². The highest BCUT2D eigenvalue weighted by atomic mass is 16.3. The Kier molecular flexibility index (Phi) is 4.31. The quantitative estimate of drug-likeness (QED) is 0.231. The summed E-state index contributed by atoms with van der Waals surface area (Å²) in [5, 5.41) is 3.46. The number of hydrogen-bond acceptors (Lipinski definition) is 3.